The number of fused-ring (bicyclic) bond motifs is 5. The second kappa shape index (κ2) is 8.39. The lowest BCUT2D eigenvalue weighted by Crippen LogP contribution is -2.53. The molecule has 1 unspecified atom stereocenters. The van der Waals surface area contributed by atoms with E-state index in [2.05, 4.69) is 41.5 Å². The lowest BCUT2D eigenvalue weighted by molar-refractivity contribution is -0.115. The quantitative estimate of drug-likeness (QED) is 0.462. The van der Waals surface area contributed by atoms with E-state index in [1.54, 1.807) is 0 Å². The molecule has 0 radical (unpaired) electrons. The molecule has 4 aliphatic rings. The van der Waals surface area contributed by atoms with Gasteiger partial charge in [0.25, 0.3) is 0 Å². The largest absolute Gasteiger partial charge is 0.390 e. The Bertz CT molecular complexity index is 597. The van der Waals surface area contributed by atoms with Crippen LogP contribution in [0, 0.1) is 52.3 Å². The topological polar surface area (TPSA) is 20.2 Å². The van der Waals surface area contributed by atoms with Gasteiger partial charge in [0.15, 0.2) is 0 Å². The van der Waals surface area contributed by atoms with E-state index in [1.807, 2.05) is 0 Å². The van der Waals surface area contributed by atoms with Crippen LogP contribution in [0.2, 0.25) is 0 Å². The number of hydrogen-bond donors (Lipinski definition) is 1. The summed E-state index contributed by atoms with van der Waals surface area (Å²) in [6, 6.07) is 0. The molecule has 30 heavy (non-hydrogen) atoms. The SMILES string of the molecule is CC[C@](O)(CC[C@@H](C)[C@H]1CC[C@H]2[C@@H]3CCC4CCCC[C@]4(C)[C@H]3CC[C@]12C)C(C)C. The molecule has 0 aromatic rings. The first-order valence-electron chi connectivity index (χ1n) is 13.9. The van der Waals surface area contributed by atoms with E-state index in [0.29, 0.717) is 16.7 Å². The third kappa shape index (κ3) is 3.62. The molecular formula is C29H52O. The van der Waals surface area contributed by atoms with E-state index in [-0.39, 0.29) is 0 Å². The number of hydrogen-bond acceptors (Lipinski definition) is 1. The molecule has 4 fully saturated rings. The second-order valence-electron chi connectivity index (χ2n) is 13.3. The van der Waals surface area contributed by atoms with E-state index < -0.39 is 5.60 Å². The summed E-state index contributed by atoms with van der Waals surface area (Å²) < 4.78 is 0. The summed E-state index contributed by atoms with van der Waals surface area (Å²) in [6.45, 7) is 14.5. The summed E-state index contributed by atoms with van der Waals surface area (Å²) in [5.41, 5.74) is 0.778. The average Bonchev–Trinajstić information content (AvgIpc) is 3.08. The average molecular weight is 417 g/mol. The van der Waals surface area contributed by atoms with Gasteiger partial charge in [0.2, 0.25) is 0 Å². The van der Waals surface area contributed by atoms with Gasteiger partial charge in [0, 0.05) is 0 Å². The fraction of sp³-hybridized carbons (Fsp3) is 1.00. The van der Waals surface area contributed by atoms with Crippen molar-refractivity contribution in [2.45, 2.75) is 131 Å². The molecule has 0 bridgehead atoms. The molecule has 9 atom stereocenters. The van der Waals surface area contributed by atoms with Crippen molar-refractivity contribution in [2.75, 3.05) is 0 Å². The van der Waals surface area contributed by atoms with Crippen molar-refractivity contribution in [3.8, 4) is 0 Å². The summed E-state index contributed by atoms with van der Waals surface area (Å²) in [4.78, 5) is 0. The molecule has 4 saturated carbocycles. The van der Waals surface area contributed by atoms with Crippen molar-refractivity contribution >= 4 is 0 Å². The highest BCUT2D eigenvalue weighted by molar-refractivity contribution is 5.09. The molecule has 0 spiro atoms. The van der Waals surface area contributed by atoms with Crippen LogP contribution in [0.5, 0.6) is 0 Å². The highest BCUT2D eigenvalue weighted by Crippen LogP contribution is 2.68. The van der Waals surface area contributed by atoms with Crippen LogP contribution in [0.15, 0.2) is 0 Å². The van der Waals surface area contributed by atoms with Crippen LogP contribution in [-0.4, -0.2) is 10.7 Å². The Kier molecular flexibility index (Phi) is 6.47. The molecule has 4 aliphatic carbocycles. The van der Waals surface area contributed by atoms with Crippen LogP contribution in [0.3, 0.4) is 0 Å². The Morgan fingerprint density at radius 1 is 0.867 bits per heavy atom. The van der Waals surface area contributed by atoms with Crippen molar-refractivity contribution in [1.82, 2.24) is 0 Å². The molecule has 1 nitrogen and oxygen atoms in total. The fourth-order valence-corrected chi connectivity index (χ4v) is 9.82. The minimum atomic E-state index is -0.460. The van der Waals surface area contributed by atoms with Gasteiger partial charge < -0.3 is 5.11 Å². The van der Waals surface area contributed by atoms with E-state index in [9.17, 15) is 5.11 Å². The van der Waals surface area contributed by atoms with Crippen LogP contribution in [0.1, 0.15) is 125 Å². The smallest absolute Gasteiger partial charge is 0.0668 e. The van der Waals surface area contributed by atoms with Gasteiger partial charge in [0.05, 0.1) is 5.60 Å². The summed E-state index contributed by atoms with van der Waals surface area (Å²) in [5.74, 6) is 6.07. The van der Waals surface area contributed by atoms with Gasteiger partial charge in [-0.05, 0) is 123 Å². The Morgan fingerprint density at radius 2 is 1.60 bits per heavy atom. The molecule has 0 aromatic heterocycles. The lowest BCUT2D eigenvalue weighted by Gasteiger charge is -2.61. The monoisotopic (exact) mass is 416 g/mol. The van der Waals surface area contributed by atoms with Crippen molar-refractivity contribution in [1.29, 1.82) is 0 Å². The van der Waals surface area contributed by atoms with Crippen molar-refractivity contribution in [2.24, 2.45) is 52.3 Å². The zero-order valence-electron chi connectivity index (χ0n) is 21.2. The van der Waals surface area contributed by atoms with Crippen LogP contribution < -0.4 is 0 Å². The van der Waals surface area contributed by atoms with E-state index in [4.69, 9.17) is 0 Å². The summed E-state index contributed by atoms with van der Waals surface area (Å²) in [6.07, 6.45) is 18.2. The van der Waals surface area contributed by atoms with Crippen LogP contribution in [-0.2, 0) is 0 Å². The Morgan fingerprint density at radius 3 is 2.30 bits per heavy atom. The first kappa shape index (κ1) is 23.1. The third-order valence-electron chi connectivity index (χ3n) is 12.1. The highest BCUT2D eigenvalue weighted by atomic mass is 16.3. The van der Waals surface area contributed by atoms with Crippen LogP contribution in [0.25, 0.3) is 0 Å². The van der Waals surface area contributed by atoms with E-state index in [1.165, 1.54) is 70.6 Å². The maximum Gasteiger partial charge on any atom is 0.0668 e. The number of rotatable bonds is 6. The van der Waals surface area contributed by atoms with E-state index >= 15 is 0 Å². The predicted octanol–water partition coefficient (Wildman–Crippen LogP) is 8.25. The third-order valence-corrected chi connectivity index (χ3v) is 12.1. The first-order chi connectivity index (χ1) is 14.2. The van der Waals surface area contributed by atoms with Gasteiger partial charge in [-0.15, -0.1) is 0 Å². The molecule has 4 rings (SSSR count). The second-order valence-corrected chi connectivity index (χ2v) is 13.3. The van der Waals surface area contributed by atoms with Crippen molar-refractivity contribution in [3.63, 3.8) is 0 Å². The Hall–Kier alpha value is -0.0400. The molecule has 0 aliphatic heterocycles. The van der Waals surface area contributed by atoms with Gasteiger partial charge in [0.1, 0.15) is 0 Å². The van der Waals surface area contributed by atoms with E-state index in [0.717, 1.165) is 48.3 Å². The van der Waals surface area contributed by atoms with Gasteiger partial charge in [-0.1, -0.05) is 54.4 Å². The standard InChI is InChI=1S/C29H52O/c1-7-29(30,20(2)3)19-15-21(4)24-13-14-25-23-12-11-22-10-8-9-17-27(22,5)26(23)16-18-28(24,25)6/h20-26,30H,7-19H2,1-6H3/t21-,22?,23+,24-,25+,26+,27+,28-,29+/m1/s1. The summed E-state index contributed by atoms with van der Waals surface area (Å²) in [7, 11) is 0. The van der Waals surface area contributed by atoms with Crippen LogP contribution in [0.4, 0.5) is 0 Å². The summed E-state index contributed by atoms with van der Waals surface area (Å²) >= 11 is 0. The van der Waals surface area contributed by atoms with Gasteiger partial charge in [-0.2, -0.15) is 0 Å². The lowest BCUT2D eigenvalue weighted by atomic mass is 9.44. The normalized spacial score (nSPS) is 46.6. The van der Waals surface area contributed by atoms with Gasteiger partial charge >= 0.3 is 0 Å². The Balaban J connectivity index is 1.46. The zero-order valence-corrected chi connectivity index (χ0v) is 21.2. The molecule has 0 amide bonds. The molecule has 174 valence electrons. The van der Waals surface area contributed by atoms with Gasteiger partial charge in [-0.25, -0.2) is 0 Å². The van der Waals surface area contributed by atoms with Crippen molar-refractivity contribution < 1.29 is 5.11 Å². The highest BCUT2D eigenvalue weighted by Gasteiger charge is 2.60. The van der Waals surface area contributed by atoms with Crippen molar-refractivity contribution in [3.05, 3.63) is 0 Å². The Labute approximate surface area is 188 Å². The maximum atomic E-state index is 11.1. The summed E-state index contributed by atoms with van der Waals surface area (Å²) in [5, 5.41) is 11.1. The molecule has 1 heteroatoms. The maximum absolute atomic E-state index is 11.1. The van der Waals surface area contributed by atoms with Gasteiger partial charge in [-0.3, -0.25) is 0 Å². The van der Waals surface area contributed by atoms with Crippen LogP contribution >= 0.6 is 0 Å². The molecule has 0 heterocycles. The number of aliphatic hydroxyl groups is 1. The molecule has 1 N–H and O–H groups in total. The predicted molar refractivity (Wildman–Crippen MR) is 128 cm³/mol. The molecule has 0 aromatic carbocycles. The first-order valence-corrected chi connectivity index (χ1v) is 13.9. The minimum Gasteiger partial charge on any atom is -0.390 e. The zero-order chi connectivity index (χ0) is 21.7. The molecule has 0 saturated heterocycles. The molecular weight excluding hydrogens is 364 g/mol. The fourth-order valence-electron chi connectivity index (χ4n) is 9.82. The minimum absolute atomic E-state index is 0.364.